The number of nitrogens with zero attached hydrogens (tertiary/aromatic N) is 4. The zero-order chi connectivity index (χ0) is 17.3. The molecule has 1 saturated heterocycles. The summed E-state index contributed by atoms with van der Waals surface area (Å²) in [5, 5.41) is 8.64. The van der Waals surface area contributed by atoms with Crippen LogP contribution >= 0.6 is 0 Å². The Hall–Kier alpha value is -2.11. The first-order valence-electron chi connectivity index (χ1n) is 8.82. The van der Waals surface area contributed by atoms with E-state index in [1.165, 1.54) is 0 Å². The average Bonchev–Trinajstić information content (AvgIpc) is 3.26. The Morgan fingerprint density at radius 1 is 1.42 bits per heavy atom. The molecule has 130 valence electrons. The Kier molecular flexibility index (Phi) is 4.73. The highest BCUT2D eigenvalue weighted by atomic mass is 16.5. The molecule has 0 aliphatic carbocycles. The lowest BCUT2D eigenvalue weighted by Crippen LogP contribution is -2.35. The molecule has 2 aromatic rings. The lowest BCUT2D eigenvalue weighted by atomic mass is 10.00. The van der Waals surface area contributed by atoms with Crippen LogP contribution in [0.5, 0.6) is 0 Å². The summed E-state index contributed by atoms with van der Waals surface area (Å²) in [7, 11) is 1.90. The van der Waals surface area contributed by atoms with Crippen molar-refractivity contribution in [1.29, 1.82) is 0 Å². The molecule has 3 heterocycles. The second kappa shape index (κ2) is 6.79. The van der Waals surface area contributed by atoms with Crippen molar-refractivity contribution >= 4 is 5.91 Å². The van der Waals surface area contributed by atoms with Gasteiger partial charge in [-0.05, 0) is 32.6 Å². The van der Waals surface area contributed by atoms with E-state index in [-0.39, 0.29) is 17.9 Å². The van der Waals surface area contributed by atoms with E-state index >= 15 is 0 Å². The van der Waals surface area contributed by atoms with Gasteiger partial charge < -0.3 is 9.42 Å². The molecule has 0 bridgehead atoms. The van der Waals surface area contributed by atoms with Gasteiger partial charge in [-0.1, -0.05) is 19.0 Å². The van der Waals surface area contributed by atoms with E-state index in [2.05, 4.69) is 24.1 Å². The van der Waals surface area contributed by atoms with Gasteiger partial charge in [-0.25, -0.2) is 0 Å². The zero-order valence-electron chi connectivity index (χ0n) is 15.0. The molecule has 6 nitrogen and oxygen atoms in total. The van der Waals surface area contributed by atoms with E-state index in [0.717, 1.165) is 54.9 Å². The van der Waals surface area contributed by atoms with Crippen LogP contribution in [-0.2, 0) is 11.8 Å². The van der Waals surface area contributed by atoms with E-state index in [9.17, 15) is 4.79 Å². The topological polar surface area (TPSA) is 64.2 Å². The summed E-state index contributed by atoms with van der Waals surface area (Å²) in [5.74, 6) is 1.08. The number of aryl methyl sites for hydroxylation is 2. The van der Waals surface area contributed by atoms with Crippen LogP contribution in [-0.4, -0.2) is 32.3 Å². The average molecular weight is 330 g/mol. The van der Waals surface area contributed by atoms with E-state index in [0.29, 0.717) is 0 Å². The number of amides is 1. The van der Waals surface area contributed by atoms with Crippen molar-refractivity contribution in [3.05, 3.63) is 23.7 Å². The summed E-state index contributed by atoms with van der Waals surface area (Å²) in [6, 6.07) is 1.95. The molecule has 1 amide bonds. The minimum Gasteiger partial charge on any atom is -0.356 e. The van der Waals surface area contributed by atoms with Crippen molar-refractivity contribution in [3.8, 4) is 11.3 Å². The van der Waals surface area contributed by atoms with Crippen LogP contribution in [0.1, 0.15) is 57.0 Å². The smallest absolute Gasteiger partial charge is 0.226 e. The van der Waals surface area contributed by atoms with Crippen molar-refractivity contribution in [3.63, 3.8) is 0 Å². The van der Waals surface area contributed by atoms with Crippen molar-refractivity contribution in [2.24, 2.45) is 13.0 Å². The first-order valence-corrected chi connectivity index (χ1v) is 8.82. The normalized spacial score (nSPS) is 17.9. The molecule has 0 saturated carbocycles. The lowest BCUT2D eigenvalue weighted by Gasteiger charge is -2.27. The summed E-state index contributed by atoms with van der Waals surface area (Å²) in [6.07, 6.45) is 5.68. The third kappa shape index (κ3) is 2.97. The van der Waals surface area contributed by atoms with Crippen molar-refractivity contribution < 1.29 is 9.32 Å². The predicted octanol–water partition coefficient (Wildman–Crippen LogP) is 3.48. The van der Waals surface area contributed by atoms with Gasteiger partial charge in [0.05, 0.1) is 23.0 Å². The van der Waals surface area contributed by atoms with Gasteiger partial charge in [0.2, 0.25) is 5.91 Å². The molecule has 1 fully saturated rings. The molecule has 1 aliphatic rings. The van der Waals surface area contributed by atoms with Crippen LogP contribution in [0.3, 0.4) is 0 Å². The molecular formula is C18H26N4O2. The fourth-order valence-electron chi connectivity index (χ4n) is 3.62. The predicted molar refractivity (Wildman–Crippen MR) is 91.2 cm³/mol. The van der Waals surface area contributed by atoms with Crippen molar-refractivity contribution in [2.45, 2.75) is 52.5 Å². The molecule has 0 aromatic carbocycles. The Morgan fingerprint density at radius 2 is 2.17 bits per heavy atom. The van der Waals surface area contributed by atoms with E-state index in [4.69, 9.17) is 4.52 Å². The second-order valence-corrected chi connectivity index (χ2v) is 6.64. The Balaban J connectivity index is 1.95. The van der Waals surface area contributed by atoms with Crippen molar-refractivity contribution in [1.82, 2.24) is 19.8 Å². The maximum absolute atomic E-state index is 12.9. The van der Waals surface area contributed by atoms with E-state index < -0.39 is 0 Å². The number of rotatable bonds is 5. The highest BCUT2D eigenvalue weighted by Gasteiger charge is 2.36. The molecule has 24 heavy (non-hydrogen) atoms. The summed E-state index contributed by atoms with van der Waals surface area (Å²) in [5.41, 5.74) is 2.70. The molecule has 3 rings (SSSR count). The van der Waals surface area contributed by atoms with Crippen LogP contribution in [0.4, 0.5) is 0 Å². The van der Waals surface area contributed by atoms with Gasteiger partial charge in [0.1, 0.15) is 0 Å². The summed E-state index contributed by atoms with van der Waals surface area (Å²) >= 11 is 0. The fraction of sp³-hybridized carbons (Fsp3) is 0.611. The van der Waals surface area contributed by atoms with Gasteiger partial charge >= 0.3 is 0 Å². The molecule has 0 spiro atoms. The largest absolute Gasteiger partial charge is 0.356 e. The van der Waals surface area contributed by atoms with Gasteiger partial charge in [0.15, 0.2) is 5.76 Å². The maximum Gasteiger partial charge on any atom is 0.226 e. The molecule has 0 N–H and O–H groups in total. The minimum absolute atomic E-state index is 0.0275. The molecule has 0 radical (unpaired) electrons. The Morgan fingerprint density at radius 3 is 2.79 bits per heavy atom. The van der Waals surface area contributed by atoms with Crippen LogP contribution in [0.25, 0.3) is 11.3 Å². The summed E-state index contributed by atoms with van der Waals surface area (Å²) in [4.78, 5) is 14.9. The fourth-order valence-corrected chi connectivity index (χ4v) is 3.62. The molecule has 6 heteroatoms. The highest BCUT2D eigenvalue weighted by molar-refractivity contribution is 5.80. The lowest BCUT2D eigenvalue weighted by molar-refractivity contribution is -0.136. The van der Waals surface area contributed by atoms with Gasteiger partial charge in [0, 0.05) is 31.8 Å². The maximum atomic E-state index is 12.9. The van der Waals surface area contributed by atoms with Crippen LogP contribution in [0.15, 0.2) is 16.8 Å². The number of carbonyl (C=O) groups is 1. The van der Waals surface area contributed by atoms with E-state index in [1.54, 1.807) is 4.68 Å². The number of carbonyl (C=O) groups excluding carboxylic acids is 1. The van der Waals surface area contributed by atoms with Gasteiger partial charge in [-0.15, -0.1) is 0 Å². The monoisotopic (exact) mass is 330 g/mol. The number of hydrogen-bond donors (Lipinski definition) is 0. The quantitative estimate of drug-likeness (QED) is 0.842. The van der Waals surface area contributed by atoms with Crippen LogP contribution in [0, 0.1) is 12.8 Å². The first-order chi connectivity index (χ1) is 11.5. The third-order valence-electron chi connectivity index (χ3n) is 4.94. The number of hydrogen-bond acceptors (Lipinski definition) is 4. The second-order valence-electron chi connectivity index (χ2n) is 6.64. The van der Waals surface area contributed by atoms with Crippen LogP contribution in [0.2, 0.25) is 0 Å². The molecule has 1 atom stereocenters. The highest BCUT2D eigenvalue weighted by Crippen LogP contribution is 2.38. The van der Waals surface area contributed by atoms with Crippen LogP contribution < -0.4 is 0 Å². The minimum atomic E-state index is 0.0275. The standard InChI is InChI=1S/C18H26N4O2/c1-5-13(6-2)18(23)22-9-7-8-15(22)17-14(11-21(4)19-17)16-10-12(3)20-24-16/h10-11,13,15H,5-9H2,1-4H3. The van der Waals surface area contributed by atoms with Crippen molar-refractivity contribution in [2.75, 3.05) is 6.54 Å². The summed E-state index contributed by atoms with van der Waals surface area (Å²) in [6.45, 7) is 6.88. The summed E-state index contributed by atoms with van der Waals surface area (Å²) < 4.78 is 7.23. The number of aromatic nitrogens is 3. The van der Waals surface area contributed by atoms with Gasteiger partial charge in [0.25, 0.3) is 0 Å². The Bertz CT molecular complexity index is 714. The van der Waals surface area contributed by atoms with Gasteiger partial charge in [-0.3, -0.25) is 9.48 Å². The van der Waals surface area contributed by atoms with E-state index in [1.807, 2.05) is 31.1 Å². The zero-order valence-corrected chi connectivity index (χ0v) is 15.0. The first kappa shape index (κ1) is 16.7. The third-order valence-corrected chi connectivity index (χ3v) is 4.94. The molecule has 1 unspecified atom stereocenters. The number of likely N-dealkylation sites (tertiary alicyclic amines) is 1. The Labute approximate surface area is 142 Å². The molecular weight excluding hydrogens is 304 g/mol. The SMILES string of the molecule is CCC(CC)C(=O)N1CCCC1c1nn(C)cc1-c1cc(C)no1. The van der Waals surface area contributed by atoms with Gasteiger partial charge in [-0.2, -0.15) is 5.10 Å². The molecule has 2 aromatic heterocycles. The molecule has 1 aliphatic heterocycles.